The number of carboxylic acids is 1. The summed E-state index contributed by atoms with van der Waals surface area (Å²) in [5, 5.41) is 10.5. The van der Waals surface area contributed by atoms with E-state index in [0.29, 0.717) is 5.69 Å². The zero-order valence-corrected chi connectivity index (χ0v) is 9.28. The monoisotopic (exact) mass is 265 g/mol. The van der Waals surface area contributed by atoms with Crippen LogP contribution in [0.5, 0.6) is 0 Å². The SMILES string of the molecule is Nc1cc(C(=O)O)cc2ccc(Br)cc12. The highest BCUT2D eigenvalue weighted by Crippen LogP contribution is 2.26. The maximum absolute atomic E-state index is 10.8. The van der Waals surface area contributed by atoms with Crippen molar-refractivity contribution in [2.24, 2.45) is 0 Å². The van der Waals surface area contributed by atoms with Gasteiger partial charge in [0, 0.05) is 15.5 Å². The van der Waals surface area contributed by atoms with Gasteiger partial charge in [0.15, 0.2) is 0 Å². The number of benzene rings is 2. The van der Waals surface area contributed by atoms with Gasteiger partial charge in [-0.3, -0.25) is 0 Å². The predicted molar refractivity (Wildman–Crippen MR) is 63.0 cm³/mol. The summed E-state index contributed by atoms with van der Waals surface area (Å²) in [6, 6.07) is 8.64. The molecule has 2 aromatic rings. The third-order valence-electron chi connectivity index (χ3n) is 2.20. The molecule has 4 heteroatoms. The van der Waals surface area contributed by atoms with Crippen LogP contribution in [0, 0.1) is 0 Å². The predicted octanol–water partition coefficient (Wildman–Crippen LogP) is 2.88. The minimum absolute atomic E-state index is 0.210. The maximum Gasteiger partial charge on any atom is 0.335 e. The van der Waals surface area contributed by atoms with Crippen LogP contribution in [0.4, 0.5) is 5.69 Å². The third-order valence-corrected chi connectivity index (χ3v) is 2.69. The number of carboxylic acid groups (broad SMARTS) is 1. The standard InChI is InChI=1S/C11H8BrNO2/c12-8-2-1-6-3-7(11(14)15)4-10(13)9(6)5-8/h1-5H,13H2,(H,14,15). The van der Waals surface area contributed by atoms with Crippen molar-refractivity contribution in [3.8, 4) is 0 Å². The second-order valence-corrected chi connectivity index (χ2v) is 4.15. The van der Waals surface area contributed by atoms with E-state index < -0.39 is 5.97 Å². The highest BCUT2D eigenvalue weighted by molar-refractivity contribution is 9.10. The number of nitrogen functional groups attached to an aromatic ring is 1. The van der Waals surface area contributed by atoms with Crippen molar-refractivity contribution in [2.45, 2.75) is 0 Å². The molecule has 0 spiro atoms. The highest BCUT2D eigenvalue weighted by Gasteiger charge is 2.07. The van der Waals surface area contributed by atoms with Crippen molar-refractivity contribution in [3.05, 3.63) is 40.4 Å². The number of anilines is 1. The first-order valence-corrected chi connectivity index (χ1v) is 5.09. The molecular formula is C11H8BrNO2. The van der Waals surface area contributed by atoms with Crippen LogP contribution in [0.2, 0.25) is 0 Å². The number of nitrogens with two attached hydrogens (primary N) is 1. The number of rotatable bonds is 1. The Bertz CT molecular complexity index is 552. The Morgan fingerprint density at radius 1 is 1.27 bits per heavy atom. The molecule has 0 bridgehead atoms. The van der Waals surface area contributed by atoms with E-state index in [4.69, 9.17) is 10.8 Å². The van der Waals surface area contributed by atoms with Crippen molar-refractivity contribution in [3.63, 3.8) is 0 Å². The summed E-state index contributed by atoms with van der Waals surface area (Å²) >= 11 is 3.34. The van der Waals surface area contributed by atoms with Crippen LogP contribution in [0.15, 0.2) is 34.8 Å². The second kappa shape index (κ2) is 3.55. The molecule has 3 nitrogen and oxygen atoms in total. The minimum Gasteiger partial charge on any atom is -0.478 e. The van der Waals surface area contributed by atoms with Crippen molar-refractivity contribution in [1.82, 2.24) is 0 Å². The molecule has 0 aromatic heterocycles. The quantitative estimate of drug-likeness (QED) is 0.780. The Morgan fingerprint density at radius 3 is 2.67 bits per heavy atom. The summed E-state index contributed by atoms with van der Waals surface area (Å²) < 4.78 is 0.921. The Morgan fingerprint density at radius 2 is 2.00 bits per heavy atom. The Hall–Kier alpha value is -1.55. The van der Waals surface area contributed by atoms with Crippen LogP contribution in [-0.2, 0) is 0 Å². The highest BCUT2D eigenvalue weighted by atomic mass is 79.9. The number of fused-ring (bicyclic) bond motifs is 1. The van der Waals surface area contributed by atoms with Gasteiger partial charge in [-0.15, -0.1) is 0 Å². The van der Waals surface area contributed by atoms with Crippen LogP contribution >= 0.6 is 15.9 Å². The van der Waals surface area contributed by atoms with Gasteiger partial charge in [0.25, 0.3) is 0 Å². The lowest BCUT2D eigenvalue weighted by molar-refractivity contribution is 0.0697. The first kappa shape index (κ1) is 9.98. The minimum atomic E-state index is -0.966. The fourth-order valence-corrected chi connectivity index (χ4v) is 1.84. The zero-order valence-electron chi connectivity index (χ0n) is 7.70. The first-order valence-electron chi connectivity index (χ1n) is 4.30. The van der Waals surface area contributed by atoms with Gasteiger partial charge in [-0.05, 0) is 29.7 Å². The maximum atomic E-state index is 10.8. The lowest BCUT2D eigenvalue weighted by atomic mass is 10.1. The van der Waals surface area contributed by atoms with E-state index in [9.17, 15) is 4.79 Å². The second-order valence-electron chi connectivity index (χ2n) is 3.24. The number of halogens is 1. The molecule has 2 aromatic carbocycles. The summed E-state index contributed by atoms with van der Waals surface area (Å²) in [7, 11) is 0. The number of carbonyl (C=O) groups is 1. The molecule has 2 rings (SSSR count). The van der Waals surface area contributed by atoms with Gasteiger partial charge < -0.3 is 10.8 Å². The van der Waals surface area contributed by atoms with E-state index in [-0.39, 0.29) is 5.56 Å². The number of aromatic carboxylic acids is 1. The average Bonchev–Trinajstić information content (AvgIpc) is 2.18. The summed E-state index contributed by atoms with van der Waals surface area (Å²) in [5.74, 6) is -0.966. The summed E-state index contributed by atoms with van der Waals surface area (Å²) in [6.45, 7) is 0. The van der Waals surface area contributed by atoms with Crippen molar-refractivity contribution >= 4 is 38.4 Å². The number of hydrogen-bond donors (Lipinski definition) is 2. The van der Waals surface area contributed by atoms with Crippen molar-refractivity contribution < 1.29 is 9.90 Å². The molecule has 76 valence electrons. The molecule has 0 atom stereocenters. The molecule has 15 heavy (non-hydrogen) atoms. The van der Waals surface area contributed by atoms with Crippen molar-refractivity contribution in [2.75, 3.05) is 5.73 Å². The Labute approximate surface area is 94.6 Å². The fraction of sp³-hybridized carbons (Fsp3) is 0. The van der Waals surface area contributed by atoms with Gasteiger partial charge >= 0.3 is 5.97 Å². The topological polar surface area (TPSA) is 63.3 Å². The normalized spacial score (nSPS) is 10.5. The van der Waals surface area contributed by atoms with Gasteiger partial charge in [-0.1, -0.05) is 22.0 Å². The molecule has 0 amide bonds. The Kier molecular flexibility index (Phi) is 2.36. The first-order chi connectivity index (χ1) is 7.08. The van der Waals surface area contributed by atoms with Crippen LogP contribution in [-0.4, -0.2) is 11.1 Å². The van der Waals surface area contributed by atoms with Crippen LogP contribution in [0.25, 0.3) is 10.8 Å². The Balaban J connectivity index is 2.78. The molecule has 0 saturated heterocycles. The molecule has 0 aliphatic rings. The smallest absolute Gasteiger partial charge is 0.335 e. The molecule has 0 aliphatic heterocycles. The summed E-state index contributed by atoms with van der Waals surface area (Å²) in [5.41, 5.74) is 6.47. The summed E-state index contributed by atoms with van der Waals surface area (Å²) in [4.78, 5) is 10.8. The van der Waals surface area contributed by atoms with Crippen LogP contribution in [0.3, 0.4) is 0 Å². The molecule has 0 radical (unpaired) electrons. The molecule has 0 unspecified atom stereocenters. The third kappa shape index (κ3) is 1.80. The molecule has 3 N–H and O–H groups in total. The van der Waals surface area contributed by atoms with Gasteiger partial charge in [0.2, 0.25) is 0 Å². The van der Waals surface area contributed by atoms with Gasteiger partial charge in [-0.25, -0.2) is 4.79 Å². The van der Waals surface area contributed by atoms with E-state index in [0.717, 1.165) is 15.2 Å². The fourth-order valence-electron chi connectivity index (χ4n) is 1.48. The average molecular weight is 266 g/mol. The van der Waals surface area contributed by atoms with E-state index in [2.05, 4.69) is 15.9 Å². The number of hydrogen-bond acceptors (Lipinski definition) is 2. The van der Waals surface area contributed by atoms with Crippen LogP contribution < -0.4 is 5.73 Å². The van der Waals surface area contributed by atoms with E-state index >= 15 is 0 Å². The molecule has 0 heterocycles. The molecular weight excluding hydrogens is 258 g/mol. The summed E-state index contributed by atoms with van der Waals surface area (Å²) in [6.07, 6.45) is 0. The largest absolute Gasteiger partial charge is 0.478 e. The van der Waals surface area contributed by atoms with E-state index in [1.54, 1.807) is 6.07 Å². The van der Waals surface area contributed by atoms with Crippen molar-refractivity contribution in [1.29, 1.82) is 0 Å². The zero-order chi connectivity index (χ0) is 11.0. The van der Waals surface area contributed by atoms with Crippen LogP contribution in [0.1, 0.15) is 10.4 Å². The molecule has 0 fully saturated rings. The van der Waals surface area contributed by atoms with E-state index in [1.165, 1.54) is 6.07 Å². The van der Waals surface area contributed by atoms with Gasteiger partial charge in [0.1, 0.15) is 0 Å². The molecule has 0 saturated carbocycles. The van der Waals surface area contributed by atoms with Gasteiger partial charge in [0.05, 0.1) is 5.56 Å². The van der Waals surface area contributed by atoms with Gasteiger partial charge in [-0.2, -0.15) is 0 Å². The van der Waals surface area contributed by atoms with E-state index in [1.807, 2.05) is 18.2 Å². The lowest BCUT2D eigenvalue weighted by Crippen LogP contribution is -1.98. The molecule has 0 aliphatic carbocycles. The lowest BCUT2D eigenvalue weighted by Gasteiger charge is -2.04.